The second-order valence-corrected chi connectivity index (χ2v) is 3.89. The number of nitrogens with one attached hydrogen (secondary N) is 1. The molecule has 0 fully saturated rings. The minimum Gasteiger partial charge on any atom is -0.391 e. The molecule has 0 amide bonds. The maximum Gasteiger partial charge on any atom is 0.147 e. The quantitative estimate of drug-likeness (QED) is 0.368. The van der Waals surface area contributed by atoms with Crippen LogP contribution in [0.15, 0.2) is 11.8 Å². The first kappa shape index (κ1) is 13.2. The zero-order chi connectivity index (χ0) is 10.8. The van der Waals surface area contributed by atoms with E-state index in [0.29, 0.717) is 5.92 Å². The summed E-state index contributed by atoms with van der Waals surface area (Å²) in [6.45, 7) is 7.43. The van der Waals surface area contributed by atoms with E-state index < -0.39 is 0 Å². The average molecular weight is 197 g/mol. The summed E-state index contributed by atoms with van der Waals surface area (Å²) in [6.07, 6.45) is 7.20. The maximum absolute atomic E-state index is 10.7. The van der Waals surface area contributed by atoms with Gasteiger partial charge >= 0.3 is 0 Å². The molecule has 0 aliphatic rings. The van der Waals surface area contributed by atoms with E-state index in [2.05, 4.69) is 26.1 Å². The molecule has 0 aliphatic heterocycles. The molecule has 2 nitrogen and oxygen atoms in total. The predicted octanol–water partition coefficient (Wildman–Crippen LogP) is 2.90. The summed E-state index contributed by atoms with van der Waals surface area (Å²) in [5.74, 6) is 0.611. The third kappa shape index (κ3) is 6.70. The number of carbonyl (C=O) groups is 1. The molecule has 14 heavy (non-hydrogen) atoms. The molecular formula is C12H23NO. The van der Waals surface area contributed by atoms with Crippen molar-refractivity contribution in [2.75, 3.05) is 6.54 Å². The van der Waals surface area contributed by atoms with Crippen LogP contribution in [0.3, 0.4) is 0 Å². The molecule has 0 saturated carbocycles. The Morgan fingerprint density at radius 1 is 1.36 bits per heavy atom. The molecule has 1 atom stereocenters. The number of hydrogen-bond donors (Lipinski definition) is 1. The van der Waals surface area contributed by atoms with Crippen molar-refractivity contribution in [3.05, 3.63) is 11.8 Å². The Kier molecular flexibility index (Phi) is 8.30. The Morgan fingerprint density at radius 2 is 2.07 bits per heavy atom. The maximum atomic E-state index is 10.7. The first-order valence-corrected chi connectivity index (χ1v) is 5.62. The van der Waals surface area contributed by atoms with E-state index in [1.807, 2.05) is 6.20 Å². The van der Waals surface area contributed by atoms with E-state index >= 15 is 0 Å². The lowest BCUT2D eigenvalue weighted by atomic mass is 9.98. The molecule has 0 saturated heterocycles. The van der Waals surface area contributed by atoms with Gasteiger partial charge in [0, 0.05) is 18.3 Å². The highest BCUT2D eigenvalue weighted by Gasteiger charge is 2.03. The molecule has 0 aliphatic carbocycles. The van der Waals surface area contributed by atoms with Crippen molar-refractivity contribution >= 4 is 6.29 Å². The number of rotatable bonds is 8. The highest BCUT2D eigenvalue weighted by molar-refractivity contribution is 5.72. The lowest BCUT2D eigenvalue weighted by Crippen LogP contribution is -2.08. The summed E-state index contributed by atoms with van der Waals surface area (Å²) >= 11 is 0. The fourth-order valence-corrected chi connectivity index (χ4v) is 1.49. The van der Waals surface area contributed by atoms with Crippen LogP contribution in [-0.2, 0) is 4.79 Å². The molecule has 0 heterocycles. The number of aldehydes is 1. The lowest BCUT2D eigenvalue weighted by Gasteiger charge is -2.09. The largest absolute Gasteiger partial charge is 0.391 e. The van der Waals surface area contributed by atoms with Gasteiger partial charge < -0.3 is 5.32 Å². The Hall–Kier alpha value is -0.790. The standard InChI is InChI=1S/C12H23NO/c1-4-6-11(3)8-12(10-14)9-13-7-5-2/h9-11,13H,4-8H2,1-3H3/b12-9-. The Bertz CT molecular complexity index is 175. The Labute approximate surface area is 87.8 Å². The van der Waals surface area contributed by atoms with Crippen LogP contribution < -0.4 is 5.32 Å². The van der Waals surface area contributed by atoms with Crippen LogP contribution >= 0.6 is 0 Å². The molecule has 0 aromatic carbocycles. The Balaban J connectivity index is 3.87. The van der Waals surface area contributed by atoms with E-state index in [-0.39, 0.29) is 0 Å². The van der Waals surface area contributed by atoms with Gasteiger partial charge in [-0.05, 0) is 18.8 Å². The molecule has 0 radical (unpaired) electrons. The molecule has 0 aromatic heterocycles. The van der Waals surface area contributed by atoms with Crippen molar-refractivity contribution in [2.24, 2.45) is 5.92 Å². The Morgan fingerprint density at radius 3 is 2.57 bits per heavy atom. The van der Waals surface area contributed by atoms with Crippen LogP contribution in [0.25, 0.3) is 0 Å². The molecular weight excluding hydrogens is 174 g/mol. The smallest absolute Gasteiger partial charge is 0.147 e. The summed E-state index contributed by atoms with van der Waals surface area (Å²) in [7, 11) is 0. The van der Waals surface area contributed by atoms with E-state index in [1.54, 1.807) is 0 Å². The van der Waals surface area contributed by atoms with Crippen LogP contribution in [0.1, 0.15) is 46.5 Å². The minimum absolute atomic E-state index is 0.611. The van der Waals surface area contributed by atoms with Gasteiger partial charge in [-0.2, -0.15) is 0 Å². The minimum atomic E-state index is 0.611. The van der Waals surface area contributed by atoms with E-state index in [9.17, 15) is 4.79 Å². The fourth-order valence-electron chi connectivity index (χ4n) is 1.49. The van der Waals surface area contributed by atoms with Gasteiger partial charge in [0.05, 0.1) is 0 Å². The molecule has 1 N–H and O–H groups in total. The van der Waals surface area contributed by atoms with Gasteiger partial charge in [-0.1, -0.05) is 33.6 Å². The van der Waals surface area contributed by atoms with Crippen LogP contribution in [0.5, 0.6) is 0 Å². The van der Waals surface area contributed by atoms with Crippen LogP contribution in [0.2, 0.25) is 0 Å². The van der Waals surface area contributed by atoms with E-state index in [1.165, 1.54) is 12.8 Å². The zero-order valence-electron chi connectivity index (χ0n) is 9.68. The summed E-state index contributed by atoms with van der Waals surface area (Å²) in [5, 5.41) is 3.14. The van der Waals surface area contributed by atoms with Gasteiger partial charge in [0.2, 0.25) is 0 Å². The van der Waals surface area contributed by atoms with Gasteiger partial charge in [0.25, 0.3) is 0 Å². The van der Waals surface area contributed by atoms with Gasteiger partial charge in [-0.15, -0.1) is 0 Å². The molecule has 0 rings (SSSR count). The summed E-state index contributed by atoms with van der Waals surface area (Å²) in [4.78, 5) is 10.7. The van der Waals surface area contributed by atoms with Crippen molar-refractivity contribution in [1.29, 1.82) is 0 Å². The number of allylic oxidation sites excluding steroid dienone is 1. The van der Waals surface area contributed by atoms with Crippen molar-refractivity contribution < 1.29 is 4.79 Å². The van der Waals surface area contributed by atoms with Crippen molar-refractivity contribution in [3.8, 4) is 0 Å². The second kappa shape index (κ2) is 8.79. The molecule has 0 spiro atoms. The van der Waals surface area contributed by atoms with Gasteiger partial charge in [-0.25, -0.2) is 0 Å². The van der Waals surface area contributed by atoms with Crippen LogP contribution in [0.4, 0.5) is 0 Å². The van der Waals surface area contributed by atoms with Crippen molar-refractivity contribution in [1.82, 2.24) is 5.32 Å². The van der Waals surface area contributed by atoms with E-state index in [4.69, 9.17) is 0 Å². The first-order chi connectivity index (χ1) is 6.74. The highest BCUT2D eigenvalue weighted by Crippen LogP contribution is 2.14. The van der Waals surface area contributed by atoms with Crippen molar-refractivity contribution in [3.63, 3.8) is 0 Å². The predicted molar refractivity (Wildman–Crippen MR) is 61.1 cm³/mol. The zero-order valence-corrected chi connectivity index (χ0v) is 9.68. The number of hydrogen-bond acceptors (Lipinski definition) is 2. The molecule has 2 heteroatoms. The molecule has 0 aromatic rings. The van der Waals surface area contributed by atoms with E-state index in [0.717, 1.165) is 31.2 Å². The van der Waals surface area contributed by atoms with Crippen LogP contribution in [-0.4, -0.2) is 12.8 Å². The highest BCUT2D eigenvalue weighted by atomic mass is 16.1. The first-order valence-electron chi connectivity index (χ1n) is 5.62. The van der Waals surface area contributed by atoms with Gasteiger partial charge in [0.15, 0.2) is 0 Å². The third-order valence-electron chi connectivity index (χ3n) is 2.20. The normalized spacial score (nSPS) is 13.8. The van der Waals surface area contributed by atoms with Gasteiger partial charge in [0.1, 0.15) is 6.29 Å². The summed E-state index contributed by atoms with van der Waals surface area (Å²) in [6, 6.07) is 0. The van der Waals surface area contributed by atoms with Crippen molar-refractivity contribution in [2.45, 2.75) is 46.5 Å². The second-order valence-electron chi connectivity index (χ2n) is 3.89. The fraction of sp³-hybridized carbons (Fsp3) is 0.750. The average Bonchev–Trinajstić information content (AvgIpc) is 2.17. The summed E-state index contributed by atoms with van der Waals surface area (Å²) in [5.41, 5.74) is 0.888. The van der Waals surface area contributed by atoms with Crippen LogP contribution in [0, 0.1) is 5.92 Å². The monoisotopic (exact) mass is 197 g/mol. The third-order valence-corrected chi connectivity index (χ3v) is 2.20. The number of carbonyl (C=O) groups excluding carboxylic acids is 1. The SMILES string of the molecule is CCCN/C=C(\C=O)CC(C)CCC. The van der Waals surface area contributed by atoms with Gasteiger partial charge in [-0.3, -0.25) is 4.79 Å². The molecule has 82 valence electrons. The summed E-state index contributed by atoms with van der Waals surface area (Å²) < 4.78 is 0. The molecule has 0 bridgehead atoms. The molecule has 1 unspecified atom stereocenters. The topological polar surface area (TPSA) is 29.1 Å². The lowest BCUT2D eigenvalue weighted by molar-refractivity contribution is -0.105.